The van der Waals surface area contributed by atoms with Crippen LogP contribution in [-0.2, 0) is 14.3 Å². The molecule has 2 aliphatic rings. The van der Waals surface area contributed by atoms with Crippen molar-refractivity contribution in [3.63, 3.8) is 0 Å². The Morgan fingerprint density at radius 2 is 1.96 bits per heavy atom. The maximum Gasteiger partial charge on any atom is 0.322 e. The van der Waals surface area contributed by atoms with E-state index >= 15 is 0 Å². The van der Waals surface area contributed by atoms with Crippen LogP contribution in [0.1, 0.15) is 39.0 Å². The predicted molar refractivity (Wildman–Crippen MR) is 96.5 cm³/mol. The summed E-state index contributed by atoms with van der Waals surface area (Å²) in [5, 5.41) is 5.85. The summed E-state index contributed by atoms with van der Waals surface area (Å²) in [5.41, 5.74) is 0.658. The van der Waals surface area contributed by atoms with Gasteiger partial charge in [0.05, 0.1) is 19.1 Å². The third kappa shape index (κ3) is 3.98. The molecule has 1 saturated heterocycles. The number of hydrogen-bond donors (Lipinski definition) is 2. The van der Waals surface area contributed by atoms with E-state index in [2.05, 4.69) is 10.6 Å². The number of fused-ring (bicyclic) bond motifs is 1. The minimum Gasteiger partial charge on any atom is -0.466 e. The Kier molecular flexibility index (Phi) is 5.75. The Bertz CT molecular complexity index is 664. The van der Waals surface area contributed by atoms with E-state index in [4.69, 9.17) is 4.74 Å². The van der Waals surface area contributed by atoms with Gasteiger partial charge in [0.25, 0.3) is 0 Å². The fourth-order valence-electron chi connectivity index (χ4n) is 3.82. The molecular weight excluding hydrogens is 334 g/mol. The van der Waals surface area contributed by atoms with Gasteiger partial charge in [0.1, 0.15) is 6.04 Å². The number of piperazine rings is 1. The number of anilines is 1. The molecule has 0 unspecified atom stereocenters. The minimum absolute atomic E-state index is 0.0591. The molecule has 0 spiro atoms. The number of esters is 1. The number of hydrogen-bond acceptors (Lipinski definition) is 4. The van der Waals surface area contributed by atoms with Gasteiger partial charge in [0, 0.05) is 11.7 Å². The molecule has 2 fully saturated rings. The van der Waals surface area contributed by atoms with Crippen LogP contribution < -0.4 is 10.6 Å². The van der Waals surface area contributed by atoms with Crippen LogP contribution in [0.15, 0.2) is 30.3 Å². The molecular formula is C19H25N3O4. The number of benzene rings is 1. The molecule has 3 amide bonds. The molecule has 2 N–H and O–H groups in total. The van der Waals surface area contributed by atoms with E-state index in [1.54, 1.807) is 24.0 Å². The van der Waals surface area contributed by atoms with E-state index in [1.165, 1.54) is 0 Å². The van der Waals surface area contributed by atoms with Gasteiger partial charge in [-0.1, -0.05) is 31.0 Å². The van der Waals surface area contributed by atoms with Gasteiger partial charge in [0.15, 0.2) is 0 Å². The third-order valence-corrected chi connectivity index (χ3v) is 4.98. The predicted octanol–water partition coefficient (Wildman–Crippen LogP) is 2.28. The van der Waals surface area contributed by atoms with Gasteiger partial charge in [-0.05, 0) is 31.9 Å². The highest BCUT2D eigenvalue weighted by Crippen LogP contribution is 2.30. The van der Waals surface area contributed by atoms with Crippen molar-refractivity contribution in [1.29, 1.82) is 0 Å². The summed E-state index contributed by atoms with van der Waals surface area (Å²) in [6.07, 6.45) is 3.55. The van der Waals surface area contributed by atoms with Gasteiger partial charge in [-0.3, -0.25) is 9.59 Å². The van der Waals surface area contributed by atoms with Crippen LogP contribution in [0, 0.1) is 0 Å². The SMILES string of the molecule is CCOC(=O)C[C@H]1C(=O)N[C@H]2CCCC[C@@H]2N1C(=O)Nc1ccccc1. The van der Waals surface area contributed by atoms with E-state index in [0.717, 1.165) is 25.7 Å². The molecule has 1 aliphatic carbocycles. The lowest BCUT2D eigenvalue weighted by Gasteiger charge is -2.47. The number of amides is 3. The van der Waals surface area contributed by atoms with E-state index in [0.29, 0.717) is 5.69 Å². The molecule has 26 heavy (non-hydrogen) atoms. The zero-order chi connectivity index (χ0) is 18.5. The third-order valence-electron chi connectivity index (χ3n) is 4.98. The lowest BCUT2D eigenvalue weighted by Crippen LogP contribution is -2.68. The maximum atomic E-state index is 13.0. The normalized spacial score (nSPS) is 25.0. The Balaban J connectivity index is 1.83. The highest BCUT2D eigenvalue weighted by Gasteiger charge is 2.46. The molecule has 1 aromatic rings. The molecule has 1 heterocycles. The van der Waals surface area contributed by atoms with Gasteiger partial charge in [0.2, 0.25) is 5.91 Å². The zero-order valence-corrected chi connectivity index (χ0v) is 14.9. The van der Waals surface area contributed by atoms with Gasteiger partial charge in [-0.15, -0.1) is 0 Å². The topological polar surface area (TPSA) is 87.7 Å². The van der Waals surface area contributed by atoms with Gasteiger partial charge >= 0.3 is 12.0 Å². The molecule has 140 valence electrons. The lowest BCUT2D eigenvalue weighted by molar-refractivity contribution is -0.148. The van der Waals surface area contributed by atoms with Gasteiger partial charge < -0.3 is 20.3 Å². The summed E-state index contributed by atoms with van der Waals surface area (Å²) in [5.74, 6) is -0.760. The first-order chi connectivity index (χ1) is 12.6. The number of ether oxygens (including phenoxy) is 1. The molecule has 0 bridgehead atoms. The summed E-state index contributed by atoms with van der Waals surface area (Å²) in [6.45, 7) is 1.96. The largest absolute Gasteiger partial charge is 0.466 e. The zero-order valence-electron chi connectivity index (χ0n) is 14.9. The number of carbonyl (C=O) groups excluding carboxylic acids is 3. The summed E-state index contributed by atoms with van der Waals surface area (Å²) < 4.78 is 5.00. The highest BCUT2D eigenvalue weighted by atomic mass is 16.5. The molecule has 7 heteroatoms. The molecule has 3 rings (SSSR count). The monoisotopic (exact) mass is 359 g/mol. The van der Waals surface area contributed by atoms with Crippen LogP contribution in [0.2, 0.25) is 0 Å². The Morgan fingerprint density at radius 3 is 2.69 bits per heavy atom. The van der Waals surface area contributed by atoms with Crippen LogP contribution in [-0.4, -0.2) is 47.5 Å². The van der Waals surface area contributed by atoms with E-state index in [-0.39, 0.29) is 37.0 Å². The molecule has 1 saturated carbocycles. The highest BCUT2D eigenvalue weighted by molar-refractivity contribution is 5.96. The lowest BCUT2D eigenvalue weighted by atomic mass is 9.85. The first-order valence-corrected chi connectivity index (χ1v) is 9.20. The second kappa shape index (κ2) is 8.21. The smallest absolute Gasteiger partial charge is 0.322 e. The first kappa shape index (κ1) is 18.2. The summed E-state index contributed by atoms with van der Waals surface area (Å²) >= 11 is 0. The van der Waals surface area contributed by atoms with Crippen LogP contribution in [0.4, 0.5) is 10.5 Å². The minimum atomic E-state index is -0.850. The Labute approximate surface area is 153 Å². The van der Waals surface area contributed by atoms with Gasteiger partial charge in [-0.25, -0.2) is 4.79 Å². The molecule has 7 nitrogen and oxygen atoms in total. The number of para-hydroxylation sites is 1. The number of nitrogens with one attached hydrogen (secondary N) is 2. The van der Waals surface area contributed by atoms with Crippen molar-refractivity contribution < 1.29 is 19.1 Å². The number of urea groups is 1. The van der Waals surface area contributed by atoms with E-state index < -0.39 is 12.0 Å². The van der Waals surface area contributed by atoms with E-state index in [9.17, 15) is 14.4 Å². The van der Waals surface area contributed by atoms with Crippen molar-refractivity contribution in [3.05, 3.63) is 30.3 Å². The fraction of sp³-hybridized carbons (Fsp3) is 0.526. The average Bonchev–Trinajstić information content (AvgIpc) is 2.63. The molecule has 0 radical (unpaired) electrons. The van der Waals surface area contributed by atoms with Crippen molar-refractivity contribution in [1.82, 2.24) is 10.2 Å². The molecule has 1 aliphatic heterocycles. The number of carbonyl (C=O) groups is 3. The van der Waals surface area contributed by atoms with Crippen LogP contribution in [0.5, 0.6) is 0 Å². The van der Waals surface area contributed by atoms with Crippen LogP contribution in [0.3, 0.4) is 0 Å². The second-order valence-corrected chi connectivity index (χ2v) is 6.70. The molecule has 3 atom stereocenters. The summed E-state index contributed by atoms with van der Waals surface area (Å²) in [6, 6.07) is 7.75. The fourth-order valence-corrected chi connectivity index (χ4v) is 3.82. The molecule has 1 aromatic carbocycles. The number of rotatable bonds is 4. The van der Waals surface area contributed by atoms with Gasteiger partial charge in [-0.2, -0.15) is 0 Å². The summed E-state index contributed by atoms with van der Waals surface area (Å²) in [7, 11) is 0. The summed E-state index contributed by atoms with van der Waals surface area (Å²) in [4.78, 5) is 39.2. The Morgan fingerprint density at radius 1 is 1.23 bits per heavy atom. The van der Waals surface area contributed by atoms with E-state index in [1.807, 2.05) is 18.2 Å². The maximum absolute atomic E-state index is 13.0. The van der Waals surface area contributed by atoms with Crippen molar-refractivity contribution in [2.75, 3.05) is 11.9 Å². The van der Waals surface area contributed by atoms with Crippen molar-refractivity contribution in [2.24, 2.45) is 0 Å². The van der Waals surface area contributed by atoms with Crippen molar-refractivity contribution >= 4 is 23.6 Å². The van der Waals surface area contributed by atoms with Crippen molar-refractivity contribution in [3.8, 4) is 0 Å². The number of nitrogens with zero attached hydrogens (tertiary/aromatic N) is 1. The van der Waals surface area contributed by atoms with Crippen LogP contribution in [0.25, 0.3) is 0 Å². The standard InChI is InChI=1S/C19H25N3O4/c1-2-26-17(23)12-16-18(24)21-14-10-6-7-11-15(14)22(16)19(25)20-13-8-4-3-5-9-13/h3-5,8-9,14-16H,2,6-7,10-12H2,1H3,(H,20,25)(H,21,24)/t14-,15-,16-/m0/s1. The molecule has 0 aromatic heterocycles. The first-order valence-electron chi connectivity index (χ1n) is 9.20. The average molecular weight is 359 g/mol. The van der Waals surface area contributed by atoms with Crippen molar-refractivity contribution in [2.45, 2.75) is 57.2 Å². The van der Waals surface area contributed by atoms with Crippen LogP contribution >= 0.6 is 0 Å². The second-order valence-electron chi connectivity index (χ2n) is 6.70. The Hall–Kier alpha value is -2.57. The quantitative estimate of drug-likeness (QED) is 0.808.